The standard InChI is InChI=1S/C22H22ClF3N2O2/c1-4-20-27-18-10-16(22(24,25)26)17(23)11-19(18)28(20)15-8-6-14(7-9-15)13(3)12-30-21(29)5-2/h6-11,13H,4-5,12H2,1-3H3. The molecule has 0 aliphatic rings. The fourth-order valence-electron chi connectivity index (χ4n) is 3.26. The maximum Gasteiger partial charge on any atom is 0.417 e. The van der Waals surface area contributed by atoms with Crippen molar-refractivity contribution in [2.75, 3.05) is 6.61 Å². The second-order valence-corrected chi connectivity index (χ2v) is 7.47. The second-order valence-electron chi connectivity index (χ2n) is 7.06. The van der Waals surface area contributed by atoms with Crippen LogP contribution < -0.4 is 0 Å². The number of carbonyl (C=O) groups excluding carboxylic acids is 1. The van der Waals surface area contributed by atoms with E-state index in [1.807, 2.05) is 42.7 Å². The highest BCUT2D eigenvalue weighted by Gasteiger charge is 2.34. The molecule has 0 amide bonds. The number of esters is 1. The number of halogens is 4. The lowest BCUT2D eigenvalue weighted by Gasteiger charge is -2.14. The summed E-state index contributed by atoms with van der Waals surface area (Å²) in [5.74, 6) is 0.410. The number of carbonyl (C=O) groups is 1. The third-order valence-electron chi connectivity index (χ3n) is 4.94. The number of imidazole rings is 1. The minimum atomic E-state index is -4.54. The van der Waals surface area contributed by atoms with Gasteiger partial charge in [-0.2, -0.15) is 13.2 Å². The monoisotopic (exact) mass is 438 g/mol. The van der Waals surface area contributed by atoms with Gasteiger partial charge in [-0.25, -0.2) is 4.98 Å². The Hall–Kier alpha value is -2.54. The number of fused-ring (bicyclic) bond motifs is 1. The van der Waals surface area contributed by atoms with Crippen LogP contribution in [0.5, 0.6) is 0 Å². The molecule has 1 aromatic heterocycles. The third-order valence-corrected chi connectivity index (χ3v) is 5.25. The van der Waals surface area contributed by atoms with Crippen molar-refractivity contribution in [1.82, 2.24) is 9.55 Å². The molecule has 2 aromatic carbocycles. The lowest BCUT2D eigenvalue weighted by Crippen LogP contribution is -2.10. The highest BCUT2D eigenvalue weighted by molar-refractivity contribution is 6.32. The number of aryl methyl sites for hydroxylation is 1. The molecule has 1 heterocycles. The summed E-state index contributed by atoms with van der Waals surface area (Å²) in [6.45, 7) is 5.88. The largest absolute Gasteiger partial charge is 0.465 e. The molecular weight excluding hydrogens is 417 g/mol. The minimum Gasteiger partial charge on any atom is -0.465 e. The van der Waals surface area contributed by atoms with Crippen molar-refractivity contribution >= 4 is 28.6 Å². The lowest BCUT2D eigenvalue weighted by atomic mass is 10.0. The van der Waals surface area contributed by atoms with Crippen LogP contribution in [0.1, 0.15) is 50.1 Å². The van der Waals surface area contributed by atoms with E-state index in [1.54, 1.807) is 6.92 Å². The van der Waals surface area contributed by atoms with Gasteiger partial charge in [-0.3, -0.25) is 9.36 Å². The molecule has 1 unspecified atom stereocenters. The van der Waals surface area contributed by atoms with Gasteiger partial charge in [0.1, 0.15) is 5.82 Å². The molecule has 0 spiro atoms. The molecule has 0 radical (unpaired) electrons. The summed E-state index contributed by atoms with van der Waals surface area (Å²) in [6, 6.07) is 9.88. The zero-order chi connectivity index (χ0) is 22.1. The molecule has 0 aliphatic heterocycles. The number of hydrogen-bond acceptors (Lipinski definition) is 3. The highest BCUT2D eigenvalue weighted by atomic mass is 35.5. The van der Waals surface area contributed by atoms with Gasteiger partial charge in [0, 0.05) is 24.4 Å². The third kappa shape index (κ3) is 4.46. The quantitative estimate of drug-likeness (QED) is 0.423. The van der Waals surface area contributed by atoms with E-state index in [4.69, 9.17) is 16.3 Å². The van der Waals surface area contributed by atoms with Crippen molar-refractivity contribution < 1.29 is 22.7 Å². The molecule has 0 aliphatic carbocycles. The Kier molecular flexibility index (Phi) is 6.41. The summed E-state index contributed by atoms with van der Waals surface area (Å²) in [4.78, 5) is 15.7. The van der Waals surface area contributed by atoms with Crippen molar-refractivity contribution in [2.45, 2.75) is 45.7 Å². The van der Waals surface area contributed by atoms with Gasteiger partial charge >= 0.3 is 12.1 Å². The highest BCUT2D eigenvalue weighted by Crippen LogP contribution is 2.38. The van der Waals surface area contributed by atoms with Gasteiger partial charge in [0.2, 0.25) is 0 Å². The van der Waals surface area contributed by atoms with Crippen molar-refractivity contribution in [2.24, 2.45) is 0 Å². The van der Waals surface area contributed by atoms with Gasteiger partial charge < -0.3 is 4.74 Å². The summed E-state index contributed by atoms with van der Waals surface area (Å²) in [5.41, 5.74) is 1.62. The first-order chi connectivity index (χ1) is 14.2. The molecule has 0 bridgehead atoms. The van der Waals surface area contributed by atoms with Crippen LogP contribution in [0, 0.1) is 0 Å². The molecule has 8 heteroatoms. The molecule has 0 fully saturated rings. The topological polar surface area (TPSA) is 44.1 Å². The smallest absolute Gasteiger partial charge is 0.417 e. The summed E-state index contributed by atoms with van der Waals surface area (Å²) in [6.07, 6.45) is -3.67. The van der Waals surface area contributed by atoms with Crippen LogP contribution in [0.15, 0.2) is 36.4 Å². The first-order valence-corrected chi connectivity index (χ1v) is 10.1. The zero-order valence-electron chi connectivity index (χ0n) is 16.9. The van der Waals surface area contributed by atoms with Crippen LogP contribution in [0.2, 0.25) is 5.02 Å². The summed E-state index contributed by atoms with van der Waals surface area (Å²) >= 11 is 5.94. The Bertz CT molecular complexity index is 1060. The summed E-state index contributed by atoms with van der Waals surface area (Å²) in [5, 5.41) is -0.359. The van der Waals surface area contributed by atoms with E-state index in [0.29, 0.717) is 24.2 Å². The fourth-order valence-corrected chi connectivity index (χ4v) is 3.52. The number of aromatic nitrogens is 2. The van der Waals surface area contributed by atoms with Crippen molar-refractivity contribution in [1.29, 1.82) is 0 Å². The van der Waals surface area contributed by atoms with Gasteiger partial charge in [-0.1, -0.05) is 44.5 Å². The van der Waals surface area contributed by atoms with E-state index < -0.39 is 11.7 Å². The van der Waals surface area contributed by atoms with E-state index in [1.165, 1.54) is 6.07 Å². The van der Waals surface area contributed by atoms with Crippen molar-refractivity contribution in [3.05, 3.63) is 58.4 Å². The van der Waals surface area contributed by atoms with Crippen LogP contribution in [0.4, 0.5) is 13.2 Å². The molecular formula is C22H22ClF3N2O2. The van der Waals surface area contributed by atoms with Crippen LogP contribution in [0.3, 0.4) is 0 Å². The molecule has 0 saturated carbocycles. The van der Waals surface area contributed by atoms with Crippen LogP contribution in [0.25, 0.3) is 16.7 Å². The van der Waals surface area contributed by atoms with Gasteiger partial charge in [-0.15, -0.1) is 0 Å². The number of nitrogens with zero attached hydrogens (tertiary/aromatic N) is 2. The first kappa shape index (κ1) is 22.2. The van der Waals surface area contributed by atoms with E-state index in [9.17, 15) is 18.0 Å². The number of alkyl halides is 3. The van der Waals surface area contributed by atoms with Crippen LogP contribution in [-0.2, 0) is 22.1 Å². The predicted octanol–water partition coefficient (Wildman–Crippen LogP) is 6.32. The maximum absolute atomic E-state index is 13.2. The number of ether oxygens (including phenoxy) is 1. The molecule has 0 saturated heterocycles. The average Bonchev–Trinajstić information content (AvgIpc) is 3.07. The maximum atomic E-state index is 13.2. The first-order valence-electron chi connectivity index (χ1n) is 9.69. The van der Waals surface area contributed by atoms with Crippen LogP contribution in [-0.4, -0.2) is 22.1 Å². The molecule has 3 rings (SSSR count). The SMILES string of the molecule is CCC(=O)OCC(C)c1ccc(-n2c(CC)nc3cc(C(F)(F)F)c(Cl)cc32)cc1. The van der Waals surface area contributed by atoms with Gasteiger partial charge in [0.15, 0.2) is 0 Å². The summed E-state index contributed by atoms with van der Waals surface area (Å²) in [7, 11) is 0. The van der Waals surface area contributed by atoms with E-state index in [2.05, 4.69) is 4.98 Å². The molecule has 160 valence electrons. The van der Waals surface area contributed by atoms with Gasteiger partial charge in [0.05, 0.1) is 28.2 Å². The average molecular weight is 439 g/mol. The Labute approximate surface area is 177 Å². The molecule has 3 aromatic rings. The predicted molar refractivity (Wildman–Crippen MR) is 110 cm³/mol. The second kappa shape index (κ2) is 8.68. The Morgan fingerprint density at radius 2 is 1.87 bits per heavy atom. The Balaban J connectivity index is 1.98. The van der Waals surface area contributed by atoms with Crippen molar-refractivity contribution in [3.8, 4) is 5.69 Å². The summed E-state index contributed by atoms with van der Waals surface area (Å²) < 4.78 is 46.6. The van der Waals surface area contributed by atoms with E-state index in [-0.39, 0.29) is 29.0 Å². The Morgan fingerprint density at radius 3 is 2.43 bits per heavy atom. The van der Waals surface area contributed by atoms with E-state index in [0.717, 1.165) is 17.3 Å². The fraction of sp³-hybridized carbons (Fsp3) is 0.364. The molecule has 30 heavy (non-hydrogen) atoms. The molecule has 4 nitrogen and oxygen atoms in total. The lowest BCUT2D eigenvalue weighted by molar-refractivity contribution is -0.143. The molecule has 1 atom stereocenters. The number of rotatable bonds is 6. The van der Waals surface area contributed by atoms with Crippen molar-refractivity contribution in [3.63, 3.8) is 0 Å². The minimum absolute atomic E-state index is 0.0171. The zero-order valence-corrected chi connectivity index (χ0v) is 17.6. The molecule has 0 N–H and O–H groups in total. The number of hydrogen-bond donors (Lipinski definition) is 0. The van der Waals surface area contributed by atoms with Gasteiger partial charge in [-0.05, 0) is 29.8 Å². The normalized spacial score (nSPS) is 12.9. The van der Waals surface area contributed by atoms with Crippen LogP contribution >= 0.6 is 11.6 Å². The number of benzene rings is 2. The van der Waals surface area contributed by atoms with Gasteiger partial charge in [0.25, 0.3) is 0 Å². The van der Waals surface area contributed by atoms with E-state index >= 15 is 0 Å². The Morgan fingerprint density at radius 1 is 1.20 bits per heavy atom.